The van der Waals surface area contributed by atoms with Gasteiger partial charge in [-0.3, -0.25) is 4.79 Å². The lowest BCUT2D eigenvalue weighted by atomic mass is 10.1. The van der Waals surface area contributed by atoms with Crippen LogP contribution in [-0.4, -0.2) is 38.3 Å². The molecular formula is C17H15F2NO6S. The maximum atomic E-state index is 13.8. The van der Waals surface area contributed by atoms with Gasteiger partial charge in [-0.15, -0.1) is 0 Å². The van der Waals surface area contributed by atoms with Crippen LogP contribution in [0.4, 0.5) is 8.78 Å². The third kappa shape index (κ3) is 5.48. The molecule has 2 N–H and O–H groups in total. The van der Waals surface area contributed by atoms with Crippen LogP contribution in [0.3, 0.4) is 0 Å². The number of amides is 1. The Bertz CT molecular complexity index is 977. The van der Waals surface area contributed by atoms with Gasteiger partial charge in [0.05, 0.1) is 4.90 Å². The topological polar surface area (TPSA) is 110 Å². The quantitative estimate of drug-likeness (QED) is 0.733. The standard InChI is InChI=1S/C17H15F2NO6S/c1-27(24,25)12-4-2-3-11(8-12)26-9-15(21)20-16(17(22)23)13-6-5-10(18)7-14(13)19/h2-8,16H,9H2,1H3,(H,20,21)(H,22,23). The summed E-state index contributed by atoms with van der Waals surface area (Å²) in [6, 6.07) is 5.92. The van der Waals surface area contributed by atoms with Gasteiger partial charge in [0.15, 0.2) is 22.5 Å². The lowest BCUT2D eigenvalue weighted by Crippen LogP contribution is -2.37. The first-order chi connectivity index (χ1) is 12.6. The van der Waals surface area contributed by atoms with Crippen LogP contribution >= 0.6 is 0 Å². The fraction of sp³-hybridized carbons (Fsp3) is 0.176. The highest BCUT2D eigenvalue weighted by Gasteiger charge is 2.25. The molecule has 0 heterocycles. The predicted molar refractivity (Wildman–Crippen MR) is 89.9 cm³/mol. The fourth-order valence-electron chi connectivity index (χ4n) is 2.15. The highest BCUT2D eigenvalue weighted by Crippen LogP contribution is 2.19. The number of carbonyl (C=O) groups is 2. The molecule has 0 spiro atoms. The van der Waals surface area contributed by atoms with Crippen molar-refractivity contribution in [2.24, 2.45) is 0 Å². The first kappa shape index (κ1) is 20.3. The Balaban J connectivity index is 2.08. The van der Waals surface area contributed by atoms with Gasteiger partial charge >= 0.3 is 5.97 Å². The molecule has 0 aromatic heterocycles. The van der Waals surface area contributed by atoms with Crippen LogP contribution in [0, 0.1) is 11.6 Å². The SMILES string of the molecule is CS(=O)(=O)c1cccc(OCC(=O)NC(C(=O)O)c2ccc(F)cc2F)c1. The molecule has 144 valence electrons. The van der Waals surface area contributed by atoms with Crippen LogP contribution in [0.25, 0.3) is 0 Å². The van der Waals surface area contributed by atoms with Gasteiger partial charge in [0.1, 0.15) is 17.4 Å². The van der Waals surface area contributed by atoms with Crippen LogP contribution in [0.15, 0.2) is 47.4 Å². The fourth-order valence-corrected chi connectivity index (χ4v) is 2.81. The predicted octanol–water partition coefficient (Wildman–Crippen LogP) is 1.69. The van der Waals surface area contributed by atoms with Crippen LogP contribution in [0.5, 0.6) is 5.75 Å². The number of aliphatic carboxylic acids is 1. The summed E-state index contributed by atoms with van der Waals surface area (Å²) in [4.78, 5) is 23.3. The molecular weight excluding hydrogens is 384 g/mol. The average Bonchev–Trinajstić information content (AvgIpc) is 2.58. The summed E-state index contributed by atoms with van der Waals surface area (Å²) < 4.78 is 54.9. The number of benzene rings is 2. The molecule has 0 saturated heterocycles. The summed E-state index contributed by atoms with van der Waals surface area (Å²) in [5.74, 6) is -4.37. The van der Waals surface area contributed by atoms with Gasteiger partial charge in [-0.25, -0.2) is 22.0 Å². The van der Waals surface area contributed by atoms with E-state index in [2.05, 4.69) is 5.32 Å². The molecule has 0 saturated carbocycles. The summed E-state index contributed by atoms with van der Waals surface area (Å²) in [5, 5.41) is 11.3. The Morgan fingerprint density at radius 1 is 1.19 bits per heavy atom. The Morgan fingerprint density at radius 3 is 2.48 bits per heavy atom. The van der Waals surface area contributed by atoms with Crippen molar-refractivity contribution in [2.45, 2.75) is 10.9 Å². The number of carboxylic acids is 1. The van der Waals surface area contributed by atoms with E-state index in [1.54, 1.807) is 0 Å². The second-order valence-electron chi connectivity index (χ2n) is 5.54. The molecule has 2 rings (SSSR count). The number of ether oxygens (including phenoxy) is 1. The smallest absolute Gasteiger partial charge is 0.331 e. The van der Waals surface area contributed by atoms with E-state index >= 15 is 0 Å². The minimum absolute atomic E-state index is 0.0165. The second-order valence-corrected chi connectivity index (χ2v) is 7.56. The number of rotatable bonds is 7. The molecule has 0 aliphatic heterocycles. The highest BCUT2D eigenvalue weighted by atomic mass is 32.2. The molecule has 0 aliphatic carbocycles. The molecule has 0 radical (unpaired) electrons. The van der Waals surface area contributed by atoms with E-state index in [1.165, 1.54) is 24.3 Å². The van der Waals surface area contributed by atoms with Gasteiger partial charge in [0, 0.05) is 17.9 Å². The van der Waals surface area contributed by atoms with Gasteiger partial charge in [-0.1, -0.05) is 12.1 Å². The van der Waals surface area contributed by atoms with Crippen molar-refractivity contribution in [1.29, 1.82) is 0 Å². The number of hydrogen-bond acceptors (Lipinski definition) is 5. The van der Waals surface area contributed by atoms with Crippen LogP contribution in [0.2, 0.25) is 0 Å². The molecule has 0 bridgehead atoms. The number of hydrogen-bond donors (Lipinski definition) is 2. The van der Waals surface area contributed by atoms with Gasteiger partial charge < -0.3 is 15.2 Å². The zero-order valence-electron chi connectivity index (χ0n) is 14.0. The minimum atomic E-state index is -3.47. The molecule has 1 unspecified atom stereocenters. The van der Waals surface area contributed by atoms with E-state index in [9.17, 15) is 31.9 Å². The highest BCUT2D eigenvalue weighted by molar-refractivity contribution is 7.90. The molecule has 7 nitrogen and oxygen atoms in total. The summed E-state index contributed by atoms with van der Waals surface area (Å²) in [6.45, 7) is -0.639. The maximum absolute atomic E-state index is 13.8. The van der Waals surface area contributed by atoms with E-state index in [1.807, 2.05) is 0 Å². The number of sulfone groups is 1. The van der Waals surface area contributed by atoms with Crippen LogP contribution < -0.4 is 10.1 Å². The van der Waals surface area contributed by atoms with Crippen molar-refractivity contribution >= 4 is 21.7 Å². The van der Waals surface area contributed by atoms with E-state index in [0.29, 0.717) is 6.07 Å². The van der Waals surface area contributed by atoms with Crippen molar-refractivity contribution in [3.05, 3.63) is 59.7 Å². The second kappa shape index (κ2) is 8.12. The van der Waals surface area contributed by atoms with Gasteiger partial charge in [-0.05, 0) is 24.3 Å². The lowest BCUT2D eigenvalue weighted by Gasteiger charge is -2.16. The summed E-state index contributed by atoms with van der Waals surface area (Å²) in [7, 11) is -3.47. The van der Waals surface area contributed by atoms with Gasteiger partial charge in [-0.2, -0.15) is 0 Å². The third-order valence-electron chi connectivity index (χ3n) is 3.43. The van der Waals surface area contributed by atoms with Crippen molar-refractivity contribution in [3.63, 3.8) is 0 Å². The molecule has 2 aromatic carbocycles. The van der Waals surface area contributed by atoms with E-state index in [-0.39, 0.29) is 10.6 Å². The van der Waals surface area contributed by atoms with Crippen molar-refractivity contribution in [2.75, 3.05) is 12.9 Å². The van der Waals surface area contributed by atoms with Crippen LogP contribution in [0.1, 0.15) is 11.6 Å². The molecule has 2 aromatic rings. The van der Waals surface area contributed by atoms with Crippen molar-refractivity contribution in [1.82, 2.24) is 5.32 Å². The number of nitrogens with one attached hydrogen (secondary N) is 1. The van der Waals surface area contributed by atoms with Crippen LogP contribution in [-0.2, 0) is 19.4 Å². The first-order valence-corrected chi connectivity index (χ1v) is 9.37. The Labute approximate surface area is 153 Å². The monoisotopic (exact) mass is 399 g/mol. The van der Waals surface area contributed by atoms with E-state index < -0.39 is 51.6 Å². The largest absolute Gasteiger partial charge is 0.484 e. The van der Waals surface area contributed by atoms with E-state index in [0.717, 1.165) is 18.4 Å². The Kier molecular flexibility index (Phi) is 6.11. The van der Waals surface area contributed by atoms with Crippen molar-refractivity contribution in [3.8, 4) is 5.75 Å². The Morgan fingerprint density at radius 2 is 1.89 bits per heavy atom. The maximum Gasteiger partial charge on any atom is 0.331 e. The Hall–Kier alpha value is -3.01. The summed E-state index contributed by atoms with van der Waals surface area (Å²) in [5.41, 5.74) is -0.420. The van der Waals surface area contributed by atoms with Gasteiger partial charge in [0.25, 0.3) is 5.91 Å². The average molecular weight is 399 g/mol. The van der Waals surface area contributed by atoms with Crippen molar-refractivity contribution < 1.29 is 36.6 Å². The molecule has 1 atom stereocenters. The van der Waals surface area contributed by atoms with E-state index in [4.69, 9.17) is 4.74 Å². The molecule has 0 aliphatic rings. The molecule has 27 heavy (non-hydrogen) atoms. The summed E-state index contributed by atoms with van der Waals surface area (Å²) in [6.07, 6.45) is 1.01. The van der Waals surface area contributed by atoms with Gasteiger partial charge in [0.2, 0.25) is 0 Å². The zero-order chi connectivity index (χ0) is 20.2. The third-order valence-corrected chi connectivity index (χ3v) is 4.54. The molecule has 0 fully saturated rings. The first-order valence-electron chi connectivity index (χ1n) is 7.48. The molecule has 10 heteroatoms. The number of halogens is 2. The number of carbonyl (C=O) groups excluding carboxylic acids is 1. The summed E-state index contributed by atoms with van der Waals surface area (Å²) >= 11 is 0. The zero-order valence-corrected chi connectivity index (χ0v) is 14.8. The minimum Gasteiger partial charge on any atom is -0.484 e. The number of carboxylic acid groups (broad SMARTS) is 1. The molecule has 1 amide bonds. The normalized spacial score (nSPS) is 12.3. The lowest BCUT2D eigenvalue weighted by molar-refractivity contribution is -0.142.